The lowest BCUT2D eigenvalue weighted by Gasteiger charge is -2.31. The zero-order valence-corrected chi connectivity index (χ0v) is 24.1. The number of pyridine rings is 2. The number of rotatable bonds is 12. The molecule has 1 amide bonds. The van der Waals surface area contributed by atoms with Crippen LogP contribution >= 0.6 is 0 Å². The highest BCUT2D eigenvalue weighted by atomic mass is 16.4. The van der Waals surface area contributed by atoms with Crippen LogP contribution in [0.2, 0.25) is 0 Å². The Hall–Kier alpha value is -3.82. The van der Waals surface area contributed by atoms with Gasteiger partial charge in [0.1, 0.15) is 6.04 Å². The van der Waals surface area contributed by atoms with Crippen LogP contribution in [0.25, 0.3) is 11.1 Å². The first-order valence-electron chi connectivity index (χ1n) is 13.4. The smallest absolute Gasteiger partial charge is 0.308 e. The number of amides is 1. The van der Waals surface area contributed by atoms with E-state index in [0.717, 1.165) is 28.8 Å². The van der Waals surface area contributed by atoms with Crippen molar-refractivity contribution < 1.29 is 19.8 Å². The lowest BCUT2D eigenvalue weighted by molar-refractivity contribution is -0.148. The largest absolute Gasteiger partial charge is 0.481 e. The van der Waals surface area contributed by atoms with E-state index in [0.29, 0.717) is 18.4 Å². The van der Waals surface area contributed by atoms with Gasteiger partial charge in [0.2, 0.25) is 5.91 Å². The number of aliphatic hydroxyl groups is 1. The summed E-state index contributed by atoms with van der Waals surface area (Å²) in [7, 11) is 3.91. The minimum absolute atomic E-state index is 0.0395. The van der Waals surface area contributed by atoms with E-state index in [-0.39, 0.29) is 17.0 Å². The van der Waals surface area contributed by atoms with Crippen LogP contribution in [0, 0.1) is 19.8 Å². The molecule has 1 aromatic carbocycles. The fourth-order valence-electron chi connectivity index (χ4n) is 4.89. The zero-order chi connectivity index (χ0) is 29.6. The number of nitrogens with zero attached hydrogens (tertiary/aromatic N) is 3. The van der Waals surface area contributed by atoms with Crippen molar-refractivity contribution in [2.45, 2.75) is 58.7 Å². The van der Waals surface area contributed by atoms with Crippen molar-refractivity contribution in [2.24, 2.45) is 5.92 Å². The quantitative estimate of drug-likeness (QED) is 0.295. The number of likely N-dealkylation sites (N-methyl/N-ethyl adjacent to an activating group) is 1. The van der Waals surface area contributed by atoms with E-state index in [1.54, 1.807) is 18.5 Å². The van der Waals surface area contributed by atoms with E-state index in [2.05, 4.69) is 10.3 Å². The van der Waals surface area contributed by atoms with E-state index in [1.165, 1.54) is 16.8 Å². The summed E-state index contributed by atoms with van der Waals surface area (Å²) in [6.45, 7) is 8.55. The summed E-state index contributed by atoms with van der Waals surface area (Å²) in [5.41, 5.74) is 2.00. The Kier molecular flexibility index (Phi) is 10.0. The molecular formula is C31H40N4O5. The molecule has 3 rings (SSSR count). The lowest BCUT2D eigenvalue weighted by atomic mass is 9.93. The minimum Gasteiger partial charge on any atom is -0.481 e. The molecule has 3 N–H and O–H groups in total. The van der Waals surface area contributed by atoms with Gasteiger partial charge in [0.05, 0.1) is 6.42 Å². The standard InChI is InChI=1S/C31H40N4O5/c1-20(2)14-26(35-13-11-23(15-27(35)36)10-12-34(5)6)30(39)33-31(40,17-28(37)38)25-16-24(18-32-19-25)29-21(3)8-7-9-22(29)4/h7-9,11,13,15-16,18-20,26,40H,10,12,14,17H2,1-6H3,(H,33,39)(H,37,38)/t26?,31-/m0/s1. The highest BCUT2D eigenvalue weighted by Gasteiger charge is 2.37. The Morgan fingerprint density at radius 2 is 1.77 bits per heavy atom. The van der Waals surface area contributed by atoms with Crippen LogP contribution in [0.15, 0.2) is 59.8 Å². The molecule has 0 saturated heterocycles. The van der Waals surface area contributed by atoms with Gasteiger partial charge in [-0.3, -0.25) is 19.4 Å². The summed E-state index contributed by atoms with van der Waals surface area (Å²) in [6.07, 6.45) is 4.80. The number of carboxylic acid groups (broad SMARTS) is 1. The van der Waals surface area contributed by atoms with E-state index in [4.69, 9.17) is 0 Å². The number of aryl methyl sites for hydroxylation is 2. The highest BCUT2D eigenvalue weighted by molar-refractivity contribution is 5.82. The minimum atomic E-state index is -2.26. The molecule has 40 heavy (non-hydrogen) atoms. The van der Waals surface area contributed by atoms with E-state index in [9.17, 15) is 24.6 Å². The molecule has 2 atom stereocenters. The molecule has 9 heteroatoms. The summed E-state index contributed by atoms with van der Waals surface area (Å²) >= 11 is 0. The first kappa shape index (κ1) is 30.7. The van der Waals surface area contributed by atoms with Gasteiger partial charge >= 0.3 is 5.97 Å². The number of hydrogen-bond acceptors (Lipinski definition) is 6. The van der Waals surface area contributed by atoms with Crippen molar-refractivity contribution >= 4 is 11.9 Å². The fourth-order valence-corrected chi connectivity index (χ4v) is 4.89. The molecule has 3 aromatic rings. The second-order valence-corrected chi connectivity index (χ2v) is 11.1. The second kappa shape index (κ2) is 13.0. The monoisotopic (exact) mass is 548 g/mol. The van der Waals surface area contributed by atoms with Gasteiger partial charge in [-0.25, -0.2) is 0 Å². The molecule has 0 fully saturated rings. The Morgan fingerprint density at radius 3 is 2.35 bits per heavy atom. The van der Waals surface area contributed by atoms with Crippen LogP contribution in [0.5, 0.6) is 0 Å². The van der Waals surface area contributed by atoms with Crippen molar-refractivity contribution in [1.82, 2.24) is 19.8 Å². The molecule has 0 bridgehead atoms. The molecule has 214 valence electrons. The molecule has 1 unspecified atom stereocenters. The van der Waals surface area contributed by atoms with Gasteiger partial charge < -0.3 is 25.0 Å². The van der Waals surface area contributed by atoms with E-state index in [1.807, 2.05) is 71.0 Å². The molecule has 0 aliphatic heterocycles. The van der Waals surface area contributed by atoms with Crippen LogP contribution < -0.4 is 10.9 Å². The number of carbonyl (C=O) groups is 2. The van der Waals surface area contributed by atoms with Crippen LogP contribution in [0.1, 0.15) is 55.0 Å². The fraction of sp³-hybridized carbons (Fsp3) is 0.419. The van der Waals surface area contributed by atoms with Gasteiger partial charge in [-0.1, -0.05) is 32.0 Å². The third kappa shape index (κ3) is 7.64. The molecule has 0 radical (unpaired) electrons. The van der Waals surface area contributed by atoms with Gasteiger partial charge in [-0.2, -0.15) is 0 Å². The van der Waals surface area contributed by atoms with Gasteiger partial charge in [-0.05, 0) is 81.1 Å². The van der Waals surface area contributed by atoms with Crippen molar-refractivity contribution in [2.75, 3.05) is 20.6 Å². The van der Waals surface area contributed by atoms with Gasteiger partial charge in [0.15, 0.2) is 5.72 Å². The lowest BCUT2D eigenvalue weighted by Crippen LogP contribution is -2.50. The topological polar surface area (TPSA) is 125 Å². The van der Waals surface area contributed by atoms with Crippen molar-refractivity contribution in [3.8, 4) is 11.1 Å². The second-order valence-electron chi connectivity index (χ2n) is 11.1. The predicted octanol–water partition coefficient (Wildman–Crippen LogP) is 3.65. The Balaban J connectivity index is 2.00. The molecule has 9 nitrogen and oxygen atoms in total. The third-order valence-electron chi connectivity index (χ3n) is 6.92. The maximum absolute atomic E-state index is 13.7. The number of aliphatic carboxylic acids is 1. The number of carboxylic acids is 1. The average molecular weight is 549 g/mol. The summed E-state index contributed by atoms with van der Waals surface area (Å²) in [5.74, 6) is -1.92. The first-order chi connectivity index (χ1) is 18.8. The number of hydrogen-bond donors (Lipinski definition) is 3. The van der Waals surface area contributed by atoms with Gasteiger partial charge in [0.25, 0.3) is 5.56 Å². The Labute approximate surface area is 235 Å². The van der Waals surface area contributed by atoms with Gasteiger partial charge in [0, 0.05) is 42.3 Å². The number of nitrogens with one attached hydrogen (secondary N) is 1. The first-order valence-corrected chi connectivity index (χ1v) is 13.4. The summed E-state index contributed by atoms with van der Waals surface area (Å²) in [6, 6.07) is 9.89. The van der Waals surface area contributed by atoms with E-state index >= 15 is 0 Å². The SMILES string of the molecule is Cc1cccc(C)c1-c1cncc([C@@](O)(CC(=O)O)NC(=O)C(CC(C)C)n2ccc(CCN(C)C)cc2=O)c1. The zero-order valence-electron chi connectivity index (χ0n) is 24.1. The summed E-state index contributed by atoms with van der Waals surface area (Å²) < 4.78 is 1.35. The van der Waals surface area contributed by atoms with Crippen LogP contribution in [-0.2, 0) is 21.7 Å². The maximum Gasteiger partial charge on any atom is 0.308 e. The molecular weight excluding hydrogens is 508 g/mol. The van der Waals surface area contributed by atoms with Crippen molar-refractivity contribution in [3.63, 3.8) is 0 Å². The highest BCUT2D eigenvalue weighted by Crippen LogP contribution is 2.31. The normalized spacial score (nSPS) is 13.7. The molecule has 0 aliphatic carbocycles. The number of aromatic nitrogens is 2. The molecule has 0 saturated carbocycles. The number of carbonyl (C=O) groups excluding carboxylic acids is 1. The van der Waals surface area contributed by atoms with Crippen molar-refractivity contribution in [1.29, 1.82) is 0 Å². The van der Waals surface area contributed by atoms with Crippen molar-refractivity contribution in [3.05, 3.63) is 87.6 Å². The van der Waals surface area contributed by atoms with Crippen LogP contribution in [-0.4, -0.2) is 57.2 Å². The third-order valence-corrected chi connectivity index (χ3v) is 6.92. The van der Waals surface area contributed by atoms with E-state index < -0.39 is 30.1 Å². The molecule has 0 aliphatic rings. The Bertz CT molecular complexity index is 1390. The van der Waals surface area contributed by atoms with Crippen LogP contribution in [0.3, 0.4) is 0 Å². The maximum atomic E-state index is 13.7. The summed E-state index contributed by atoms with van der Waals surface area (Å²) in [5, 5.41) is 23.9. The van der Waals surface area contributed by atoms with Gasteiger partial charge in [-0.15, -0.1) is 0 Å². The number of benzene rings is 1. The van der Waals surface area contributed by atoms with Crippen LogP contribution in [0.4, 0.5) is 0 Å². The molecule has 2 aromatic heterocycles. The Morgan fingerprint density at radius 1 is 1.10 bits per heavy atom. The average Bonchev–Trinajstić information content (AvgIpc) is 2.86. The molecule has 0 spiro atoms. The predicted molar refractivity (Wildman–Crippen MR) is 155 cm³/mol. The summed E-state index contributed by atoms with van der Waals surface area (Å²) in [4.78, 5) is 45.0. The molecule has 2 heterocycles.